The minimum atomic E-state index is 0.669. The van der Waals surface area contributed by atoms with Gasteiger partial charge in [-0.25, -0.2) is 0 Å². The molecule has 1 saturated carbocycles. The Bertz CT molecular complexity index is 561. The molecule has 1 heteroatoms. The molecule has 18 heavy (non-hydrogen) atoms. The van der Waals surface area contributed by atoms with E-state index in [1.807, 2.05) is 0 Å². The molecular formula is C17H16O. The van der Waals surface area contributed by atoms with Gasteiger partial charge in [-0.1, -0.05) is 48.5 Å². The van der Waals surface area contributed by atoms with Crippen LogP contribution in [0.25, 0.3) is 0 Å². The Labute approximate surface area is 107 Å². The Morgan fingerprint density at radius 2 is 1.61 bits per heavy atom. The summed E-state index contributed by atoms with van der Waals surface area (Å²) in [6.45, 7) is 0.876. The Balaban J connectivity index is 1.64. The second kappa shape index (κ2) is 3.88. The van der Waals surface area contributed by atoms with Gasteiger partial charge in [0.1, 0.15) is 5.75 Å². The van der Waals surface area contributed by atoms with Gasteiger partial charge >= 0.3 is 0 Å². The Hall–Kier alpha value is -1.76. The number of hydrogen-bond donors (Lipinski definition) is 0. The minimum Gasteiger partial charge on any atom is -0.493 e. The number of benzene rings is 2. The lowest BCUT2D eigenvalue weighted by atomic mass is 9.59. The normalized spacial score (nSPS) is 28.6. The van der Waals surface area contributed by atoms with Crippen molar-refractivity contribution in [1.82, 2.24) is 0 Å². The SMILES string of the molecule is c1ccc(C2C[C@H]3c4ccccc4OCC23)cc1. The molecule has 1 fully saturated rings. The van der Waals surface area contributed by atoms with Gasteiger partial charge in [0.05, 0.1) is 6.61 Å². The zero-order valence-electron chi connectivity index (χ0n) is 10.3. The van der Waals surface area contributed by atoms with Crippen LogP contribution in [0, 0.1) is 5.92 Å². The zero-order chi connectivity index (χ0) is 11.9. The maximum atomic E-state index is 5.91. The van der Waals surface area contributed by atoms with Crippen molar-refractivity contribution < 1.29 is 4.74 Å². The average Bonchev–Trinajstić information content (AvgIpc) is 2.40. The summed E-state index contributed by atoms with van der Waals surface area (Å²) in [6.07, 6.45) is 1.27. The fourth-order valence-electron chi connectivity index (χ4n) is 3.49. The highest BCUT2D eigenvalue weighted by molar-refractivity contribution is 5.42. The molecule has 0 amide bonds. The van der Waals surface area contributed by atoms with Gasteiger partial charge in [0.25, 0.3) is 0 Å². The quantitative estimate of drug-likeness (QED) is 0.728. The minimum absolute atomic E-state index is 0.669. The van der Waals surface area contributed by atoms with Crippen molar-refractivity contribution in [3.63, 3.8) is 0 Å². The van der Waals surface area contributed by atoms with Gasteiger partial charge in [-0.05, 0) is 35.4 Å². The first-order chi connectivity index (χ1) is 8.93. The van der Waals surface area contributed by atoms with Gasteiger partial charge in [-0.15, -0.1) is 0 Å². The van der Waals surface area contributed by atoms with Gasteiger partial charge in [-0.3, -0.25) is 0 Å². The van der Waals surface area contributed by atoms with E-state index >= 15 is 0 Å². The molecule has 2 aromatic carbocycles. The highest BCUT2D eigenvalue weighted by Crippen LogP contribution is 2.56. The van der Waals surface area contributed by atoms with Crippen LogP contribution in [0.3, 0.4) is 0 Å². The molecule has 1 nitrogen and oxygen atoms in total. The number of hydrogen-bond acceptors (Lipinski definition) is 1. The molecule has 0 spiro atoms. The van der Waals surface area contributed by atoms with E-state index in [4.69, 9.17) is 4.74 Å². The monoisotopic (exact) mass is 236 g/mol. The van der Waals surface area contributed by atoms with E-state index in [0.29, 0.717) is 17.8 Å². The van der Waals surface area contributed by atoms with Gasteiger partial charge in [0, 0.05) is 5.92 Å². The van der Waals surface area contributed by atoms with E-state index < -0.39 is 0 Å². The number of para-hydroxylation sites is 1. The third kappa shape index (κ3) is 1.40. The van der Waals surface area contributed by atoms with Gasteiger partial charge in [-0.2, -0.15) is 0 Å². The maximum Gasteiger partial charge on any atom is 0.122 e. The molecule has 2 aliphatic rings. The summed E-state index contributed by atoms with van der Waals surface area (Å²) in [6, 6.07) is 19.4. The lowest BCUT2D eigenvalue weighted by Gasteiger charge is -2.48. The second-order valence-corrected chi connectivity index (χ2v) is 5.37. The molecule has 1 heterocycles. The summed E-state index contributed by atoms with van der Waals surface area (Å²) in [5, 5.41) is 0. The fourth-order valence-corrected chi connectivity index (χ4v) is 3.49. The van der Waals surface area contributed by atoms with Crippen molar-refractivity contribution in [3.05, 3.63) is 65.7 Å². The van der Waals surface area contributed by atoms with E-state index in [2.05, 4.69) is 54.6 Å². The van der Waals surface area contributed by atoms with Crippen LogP contribution in [0.5, 0.6) is 5.75 Å². The van der Waals surface area contributed by atoms with Crippen LogP contribution in [0.1, 0.15) is 29.4 Å². The second-order valence-electron chi connectivity index (χ2n) is 5.37. The van der Waals surface area contributed by atoms with Crippen LogP contribution in [0.4, 0.5) is 0 Å². The molecular weight excluding hydrogens is 220 g/mol. The largest absolute Gasteiger partial charge is 0.493 e. The standard InChI is InChI=1S/C17H16O/c1-2-6-12(7-3-1)14-10-15-13-8-4-5-9-17(13)18-11-16(14)15/h1-9,14-16H,10-11H2/t14?,15-,16?/m0/s1. The summed E-state index contributed by atoms with van der Waals surface area (Å²) in [7, 11) is 0. The van der Waals surface area contributed by atoms with Crippen LogP contribution in [-0.4, -0.2) is 6.61 Å². The van der Waals surface area contributed by atoms with Gasteiger partial charge in [0.2, 0.25) is 0 Å². The number of fused-ring (bicyclic) bond motifs is 3. The molecule has 0 N–H and O–H groups in total. The summed E-state index contributed by atoms with van der Waals surface area (Å²) < 4.78 is 5.91. The highest BCUT2D eigenvalue weighted by Gasteiger charge is 2.46. The first-order valence-corrected chi connectivity index (χ1v) is 6.70. The Morgan fingerprint density at radius 1 is 0.833 bits per heavy atom. The fraction of sp³-hybridized carbons (Fsp3) is 0.294. The summed E-state index contributed by atoms with van der Waals surface area (Å²) >= 11 is 0. The Morgan fingerprint density at radius 3 is 2.50 bits per heavy atom. The average molecular weight is 236 g/mol. The van der Waals surface area contributed by atoms with Gasteiger partial charge in [0.15, 0.2) is 0 Å². The third-order valence-corrected chi connectivity index (χ3v) is 4.52. The molecule has 2 unspecified atom stereocenters. The van der Waals surface area contributed by atoms with E-state index in [9.17, 15) is 0 Å². The van der Waals surface area contributed by atoms with E-state index in [0.717, 1.165) is 12.4 Å². The van der Waals surface area contributed by atoms with Crippen LogP contribution >= 0.6 is 0 Å². The van der Waals surface area contributed by atoms with Crippen molar-refractivity contribution in [2.24, 2.45) is 5.92 Å². The summed E-state index contributed by atoms with van der Waals surface area (Å²) in [5.41, 5.74) is 2.89. The van der Waals surface area contributed by atoms with E-state index in [1.54, 1.807) is 0 Å². The van der Waals surface area contributed by atoms with E-state index in [-0.39, 0.29) is 0 Å². The van der Waals surface area contributed by atoms with Crippen molar-refractivity contribution in [2.45, 2.75) is 18.3 Å². The van der Waals surface area contributed by atoms with Crippen LogP contribution in [-0.2, 0) is 0 Å². The summed E-state index contributed by atoms with van der Waals surface area (Å²) in [4.78, 5) is 0. The number of ether oxygens (including phenoxy) is 1. The molecule has 0 aromatic heterocycles. The van der Waals surface area contributed by atoms with Crippen molar-refractivity contribution >= 4 is 0 Å². The first kappa shape index (κ1) is 10.2. The van der Waals surface area contributed by atoms with Crippen molar-refractivity contribution in [3.8, 4) is 5.75 Å². The predicted octanol–water partition coefficient (Wildman–Crippen LogP) is 3.97. The topological polar surface area (TPSA) is 9.23 Å². The number of rotatable bonds is 1. The zero-order valence-corrected chi connectivity index (χ0v) is 10.3. The lowest BCUT2D eigenvalue weighted by Crippen LogP contribution is -2.40. The van der Waals surface area contributed by atoms with Crippen molar-refractivity contribution in [2.75, 3.05) is 6.61 Å². The molecule has 0 saturated heterocycles. The Kier molecular flexibility index (Phi) is 2.19. The molecule has 1 aliphatic carbocycles. The molecule has 3 atom stereocenters. The highest BCUT2D eigenvalue weighted by atomic mass is 16.5. The van der Waals surface area contributed by atoms with Crippen LogP contribution in [0.2, 0.25) is 0 Å². The smallest absolute Gasteiger partial charge is 0.122 e. The third-order valence-electron chi connectivity index (χ3n) is 4.52. The molecule has 1 aliphatic heterocycles. The van der Waals surface area contributed by atoms with Crippen LogP contribution in [0.15, 0.2) is 54.6 Å². The lowest BCUT2D eigenvalue weighted by molar-refractivity contribution is 0.0930. The van der Waals surface area contributed by atoms with Crippen molar-refractivity contribution in [1.29, 1.82) is 0 Å². The molecule has 2 aromatic rings. The first-order valence-electron chi connectivity index (χ1n) is 6.70. The molecule has 0 bridgehead atoms. The summed E-state index contributed by atoms with van der Waals surface area (Å²) in [5.74, 6) is 3.16. The molecule has 90 valence electrons. The maximum absolute atomic E-state index is 5.91. The molecule has 4 rings (SSSR count). The van der Waals surface area contributed by atoms with E-state index in [1.165, 1.54) is 17.5 Å². The predicted molar refractivity (Wildman–Crippen MR) is 72.0 cm³/mol. The van der Waals surface area contributed by atoms with Crippen LogP contribution < -0.4 is 4.74 Å². The van der Waals surface area contributed by atoms with Gasteiger partial charge < -0.3 is 4.74 Å². The molecule has 0 radical (unpaired) electrons.